The molecule has 2 heterocycles. The lowest BCUT2D eigenvalue weighted by atomic mass is 10.3. The summed E-state index contributed by atoms with van der Waals surface area (Å²) in [5, 5.41) is 9.57. The lowest BCUT2D eigenvalue weighted by Gasteiger charge is -2.13. The topological polar surface area (TPSA) is 71.0 Å². The Morgan fingerprint density at radius 2 is 2.04 bits per heavy atom. The summed E-state index contributed by atoms with van der Waals surface area (Å²) in [4.78, 5) is 10.8. The van der Waals surface area contributed by atoms with Gasteiger partial charge in [0.1, 0.15) is 0 Å². The first-order chi connectivity index (χ1) is 12.2. The number of fused-ring (bicyclic) bond motifs is 1. The molecule has 1 aliphatic rings. The Labute approximate surface area is 174 Å². The molecule has 0 saturated carbocycles. The fourth-order valence-corrected chi connectivity index (χ4v) is 3.07. The molecule has 0 fully saturated rings. The highest BCUT2D eigenvalue weighted by atomic mass is 127. The van der Waals surface area contributed by atoms with Crippen molar-refractivity contribution in [1.82, 2.24) is 10.3 Å². The van der Waals surface area contributed by atoms with Crippen LogP contribution in [-0.4, -0.2) is 45.3 Å². The molecule has 9 heteroatoms. The van der Waals surface area contributed by atoms with Gasteiger partial charge in [-0.25, -0.2) is 4.98 Å². The molecular weight excluding hydrogens is 465 g/mol. The lowest BCUT2D eigenvalue weighted by molar-refractivity contribution is 0.297. The largest absolute Gasteiger partial charge is 0.490 e. The zero-order valence-electron chi connectivity index (χ0n) is 15.1. The predicted molar refractivity (Wildman–Crippen MR) is 118 cm³/mol. The fraction of sp³-hybridized carbons (Fsp3) is 0.412. The Balaban J connectivity index is 0.00000243. The number of aliphatic imine (C=N–C) groups is 1. The van der Waals surface area contributed by atoms with Gasteiger partial charge in [0, 0.05) is 44.7 Å². The number of rotatable bonds is 4. The molecule has 0 spiro atoms. The Kier molecular flexibility index (Phi) is 7.76. The van der Waals surface area contributed by atoms with Gasteiger partial charge in [-0.05, 0) is 12.1 Å². The van der Waals surface area contributed by atoms with Crippen LogP contribution in [0.3, 0.4) is 0 Å². The van der Waals surface area contributed by atoms with Crippen LogP contribution in [0.15, 0.2) is 28.6 Å². The third-order valence-corrected chi connectivity index (χ3v) is 4.65. The van der Waals surface area contributed by atoms with Crippen molar-refractivity contribution in [2.45, 2.75) is 13.0 Å². The summed E-state index contributed by atoms with van der Waals surface area (Å²) in [6.07, 6.45) is 0.892. The van der Waals surface area contributed by atoms with Gasteiger partial charge in [0.05, 0.1) is 25.5 Å². The number of thiazole rings is 1. The molecule has 2 aromatic rings. The van der Waals surface area contributed by atoms with Crippen molar-refractivity contribution in [3.8, 4) is 11.5 Å². The van der Waals surface area contributed by atoms with Gasteiger partial charge in [-0.1, -0.05) is 0 Å². The van der Waals surface area contributed by atoms with Crippen LogP contribution in [0.1, 0.15) is 12.1 Å². The number of anilines is 2. The second kappa shape index (κ2) is 9.81. The molecule has 1 aliphatic heterocycles. The monoisotopic (exact) mass is 489 g/mol. The van der Waals surface area contributed by atoms with Crippen LogP contribution in [0.2, 0.25) is 0 Å². The van der Waals surface area contributed by atoms with Gasteiger partial charge in [-0.15, -0.1) is 35.3 Å². The Morgan fingerprint density at radius 3 is 2.73 bits per heavy atom. The Morgan fingerprint density at radius 1 is 1.27 bits per heavy atom. The first-order valence-electron chi connectivity index (χ1n) is 8.15. The van der Waals surface area contributed by atoms with E-state index >= 15 is 0 Å². The normalized spacial score (nSPS) is 13.4. The minimum absolute atomic E-state index is 0. The molecular formula is C17H24IN5O2S. The van der Waals surface area contributed by atoms with Gasteiger partial charge in [0.2, 0.25) is 0 Å². The summed E-state index contributed by atoms with van der Waals surface area (Å²) in [5.74, 6) is 2.21. The first kappa shape index (κ1) is 20.6. The maximum absolute atomic E-state index is 5.72. The van der Waals surface area contributed by atoms with Crippen molar-refractivity contribution in [3.05, 3.63) is 29.3 Å². The summed E-state index contributed by atoms with van der Waals surface area (Å²) >= 11 is 1.62. The average molecular weight is 489 g/mol. The summed E-state index contributed by atoms with van der Waals surface area (Å²) in [5.41, 5.74) is 1.87. The minimum atomic E-state index is 0. The van der Waals surface area contributed by atoms with E-state index in [9.17, 15) is 0 Å². The van der Waals surface area contributed by atoms with E-state index in [4.69, 9.17) is 9.47 Å². The minimum Gasteiger partial charge on any atom is -0.490 e. The molecule has 2 N–H and O–H groups in total. The number of halogens is 1. The first-order valence-corrected chi connectivity index (χ1v) is 9.02. The Bertz CT molecular complexity index is 751. The number of hydrogen-bond donors (Lipinski definition) is 2. The fourth-order valence-electron chi connectivity index (χ4n) is 2.31. The highest BCUT2D eigenvalue weighted by Crippen LogP contribution is 2.32. The van der Waals surface area contributed by atoms with Crippen molar-refractivity contribution in [3.63, 3.8) is 0 Å². The van der Waals surface area contributed by atoms with Crippen LogP contribution in [0, 0.1) is 0 Å². The van der Waals surface area contributed by atoms with Crippen LogP contribution >= 0.6 is 35.3 Å². The van der Waals surface area contributed by atoms with Crippen LogP contribution in [0.5, 0.6) is 11.5 Å². The van der Waals surface area contributed by atoms with Crippen molar-refractivity contribution >= 4 is 52.1 Å². The van der Waals surface area contributed by atoms with Crippen molar-refractivity contribution in [2.75, 3.05) is 44.6 Å². The van der Waals surface area contributed by atoms with Crippen LogP contribution < -0.4 is 25.0 Å². The van der Waals surface area contributed by atoms with Gasteiger partial charge in [-0.2, -0.15) is 0 Å². The van der Waals surface area contributed by atoms with Crippen LogP contribution in [0.4, 0.5) is 10.8 Å². The second-order valence-electron chi connectivity index (χ2n) is 5.78. The molecule has 0 atom stereocenters. The standard InChI is InChI=1S/C17H23N5O2S.HI/c1-18-16(19-10-13-11-25-17(21-13)22(2)3)20-12-5-6-14-15(9-12)24-8-4-7-23-14;/h5-6,9,11H,4,7-8,10H2,1-3H3,(H2,18,19,20);1H. The number of guanidine groups is 1. The molecule has 0 amide bonds. The molecule has 0 unspecified atom stereocenters. The molecule has 26 heavy (non-hydrogen) atoms. The van der Waals surface area contributed by atoms with E-state index in [0.717, 1.165) is 34.4 Å². The molecule has 0 radical (unpaired) electrons. The Hall–Kier alpha value is -1.75. The van der Waals surface area contributed by atoms with Gasteiger partial charge >= 0.3 is 0 Å². The summed E-state index contributed by atoms with van der Waals surface area (Å²) < 4.78 is 11.4. The highest BCUT2D eigenvalue weighted by molar-refractivity contribution is 14.0. The van der Waals surface area contributed by atoms with Gasteiger partial charge in [0.15, 0.2) is 22.6 Å². The van der Waals surface area contributed by atoms with Gasteiger partial charge in [0.25, 0.3) is 0 Å². The third kappa shape index (κ3) is 5.37. The van der Waals surface area contributed by atoms with Crippen molar-refractivity contribution < 1.29 is 9.47 Å². The maximum Gasteiger partial charge on any atom is 0.195 e. The molecule has 0 aliphatic carbocycles. The molecule has 1 aromatic carbocycles. The third-order valence-electron chi connectivity index (χ3n) is 3.59. The van der Waals surface area contributed by atoms with E-state index in [1.165, 1.54) is 0 Å². The van der Waals surface area contributed by atoms with Crippen LogP contribution in [0.25, 0.3) is 0 Å². The van der Waals surface area contributed by atoms with E-state index < -0.39 is 0 Å². The number of benzene rings is 1. The quantitative estimate of drug-likeness (QED) is 0.391. The summed E-state index contributed by atoms with van der Waals surface area (Å²) in [7, 11) is 5.71. The number of nitrogens with one attached hydrogen (secondary N) is 2. The molecule has 0 saturated heterocycles. The molecule has 3 rings (SSSR count). The van der Waals surface area contributed by atoms with E-state index in [2.05, 4.69) is 20.6 Å². The van der Waals surface area contributed by atoms with Crippen molar-refractivity contribution in [2.24, 2.45) is 4.99 Å². The second-order valence-corrected chi connectivity index (χ2v) is 6.62. The number of ether oxygens (including phenoxy) is 2. The summed E-state index contributed by atoms with van der Waals surface area (Å²) in [6, 6.07) is 5.80. The van der Waals surface area contributed by atoms with Gasteiger partial charge < -0.3 is 25.0 Å². The molecule has 0 bridgehead atoms. The van der Waals surface area contributed by atoms with Gasteiger partial charge in [-0.3, -0.25) is 4.99 Å². The molecule has 1 aromatic heterocycles. The molecule has 142 valence electrons. The number of nitrogens with zero attached hydrogens (tertiary/aromatic N) is 3. The maximum atomic E-state index is 5.72. The highest BCUT2D eigenvalue weighted by Gasteiger charge is 2.11. The smallest absolute Gasteiger partial charge is 0.195 e. The number of aromatic nitrogens is 1. The van der Waals surface area contributed by atoms with E-state index in [1.54, 1.807) is 18.4 Å². The predicted octanol–water partition coefficient (Wildman–Crippen LogP) is 3.18. The zero-order valence-corrected chi connectivity index (χ0v) is 18.3. The average Bonchev–Trinajstić information content (AvgIpc) is 2.97. The van der Waals surface area contributed by atoms with Crippen molar-refractivity contribution in [1.29, 1.82) is 0 Å². The number of hydrogen-bond acceptors (Lipinski definition) is 6. The van der Waals surface area contributed by atoms with E-state index in [1.807, 2.05) is 42.6 Å². The zero-order chi connectivity index (χ0) is 17.6. The van der Waals surface area contributed by atoms with E-state index in [0.29, 0.717) is 25.7 Å². The summed E-state index contributed by atoms with van der Waals surface area (Å²) in [6.45, 7) is 1.96. The van der Waals surface area contributed by atoms with E-state index in [-0.39, 0.29) is 24.0 Å². The SMILES string of the molecule is CN=C(NCc1csc(N(C)C)n1)Nc1ccc2c(c1)OCCCO2.I. The molecule has 7 nitrogen and oxygen atoms in total. The lowest BCUT2D eigenvalue weighted by Crippen LogP contribution is -2.30. The van der Waals surface area contributed by atoms with Crippen LogP contribution in [-0.2, 0) is 6.54 Å².